The second-order valence-electron chi connectivity index (χ2n) is 6.78. The number of thioether (sulfide) groups is 1. The van der Waals surface area contributed by atoms with E-state index in [1.54, 1.807) is 26.9 Å². The van der Waals surface area contributed by atoms with E-state index >= 15 is 0 Å². The van der Waals surface area contributed by atoms with Gasteiger partial charge in [-0.15, -0.1) is 11.3 Å². The molecule has 1 unspecified atom stereocenters. The van der Waals surface area contributed by atoms with Crippen LogP contribution < -0.4 is 5.73 Å². The number of nitrogens with two attached hydrogens (primary N) is 1. The van der Waals surface area contributed by atoms with Gasteiger partial charge in [0.05, 0.1) is 6.04 Å². The van der Waals surface area contributed by atoms with Crippen LogP contribution >= 0.6 is 23.1 Å². The Balaban J connectivity index is 1.47. The Morgan fingerprint density at radius 3 is 2.59 bits per heavy atom. The number of rotatable bonds is 7. The molecule has 0 spiro atoms. The molecule has 3 rings (SSSR count). The van der Waals surface area contributed by atoms with Gasteiger partial charge >= 0.3 is 6.09 Å². The molecule has 1 saturated heterocycles. The summed E-state index contributed by atoms with van der Waals surface area (Å²) in [7, 11) is 0. The first-order chi connectivity index (χ1) is 14.1. The summed E-state index contributed by atoms with van der Waals surface area (Å²) in [4.78, 5) is 32.8. The maximum absolute atomic E-state index is 12.7. The van der Waals surface area contributed by atoms with Crippen LogP contribution in [0.15, 0.2) is 35.7 Å². The van der Waals surface area contributed by atoms with Crippen LogP contribution in [-0.4, -0.2) is 65.0 Å². The molecule has 0 aliphatic carbocycles. The van der Waals surface area contributed by atoms with Crippen molar-refractivity contribution in [3.63, 3.8) is 0 Å². The van der Waals surface area contributed by atoms with Crippen molar-refractivity contribution in [2.24, 2.45) is 5.73 Å². The van der Waals surface area contributed by atoms with Crippen LogP contribution in [-0.2, 0) is 11.3 Å². The minimum Gasteiger partial charge on any atom is -0.445 e. The Bertz CT molecular complexity index is 807. The molecule has 1 aromatic heterocycles. The zero-order valence-electron chi connectivity index (χ0n) is 16.5. The van der Waals surface area contributed by atoms with Crippen molar-refractivity contribution in [2.75, 3.05) is 38.2 Å². The number of hydrogen-bond donors (Lipinski definition) is 1. The van der Waals surface area contributed by atoms with Crippen LogP contribution in [0, 0.1) is 0 Å². The maximum atomic E-state index is 12.7. The van der Waals surface area contributed by atoms with Gasteiger partial charge in [-0.25, -0.2) is 9.78 Å². The van der Waals surface area contributed by atoms with E-state index in [2.05, 4.69) is 4.98 Å². The molecule has 2 amide bonds. The van der Waals surface area contributed by atoms with E-state index in [1.807, 2.05) is 36.6 Å². The zero-order chi connectivity index (χ0) is 20.6. The van der Waals surface area contributed by atoms with Crippen molar-refractivity contribution in [1.29, 1.82) is 0 Å². The SMILES string of the molecule is CSCCC(N)c1nc(C(=O)N2CCN(C(=O)OCc3ccccc3)CC2)cs1. The highest BCUT2D eigenvalue weighted by atomic mass is 32.2. The Morgan fingerprint density at radius 1 is 1.21 bits per heavy atom. The molecule has 2 aromatic rings. The number of amides is 2. The molecule has 0 bridgehead atoms. The zero-order valence-corrected chi connectivity index (χ0v) is 18.1. The maximum Gasteiger partial charge on any atom is 0.410 e. The van der Waals surface area contributed by atoms with Crippen LogP contribution in [0.25, 0.3) is 0 Å². The highest BCUT2D eigenvalue weighted by Gasteiger charge is 2.27. The normalized spacial score (nSPS) is 15.2. The Hall–Kier alpha value is -2.10. The second kappa shape index (κ2) is 10.6. The minimum absolute atomic E-state index is 0.109. The summed E-state index contributed by atoms with van der Waals surface area (Å²) >= 11 is 3.18. The first-order valence-electron chi connectivity index (χ1n) is 9.53. The van der Waals surface area contributed by atoms with E-state index < -0.39 is 0 Å². The number of carbonyl (C=O) groups excluding carboxylic acids is 2. The summed E-state index contributed by atoms with van der Waals surface area (Å²) in [6.45, 7) is 2.07. The van der Waals surface area contributed by atoms with Gasteiger partial charge in [0, 0.05) is 31.6 Å². The molecular formula is C20H26N4O3S2. The van der Waals surface area contributed by atoms with Crippen molar-refractivity contribution in [3.8, 4) is 0 Å². The topological polar surface area (TPSA) is 88.8 Å². The van der Waals surface area contributed by atoms with Crippen molar-refractivity contribution < 1.29 is 14.3 Å². The molecule has 1 aliphatic rings. The summed E-state index contributed by atoms with van der Waals surface area (Å²) in [6.07, 6.45) is 2.53. The van der Waals surface area contributed by atoms with E-state index in [1.165, 1.54) is 11.3 Å². The van der Waals surface area contributed by atoms with E-state index in [9.17, 15) is 9.59 Å². The van der Waals surface area contributed by atoms with E-state index in [0.29, 0.717) is 31.9 Å². The standard InChI is InChI=1S/C20H26N4O3S2/c1-28-12-7-16(21)18-22-17(14-29-18)19(25)23-8-10-24(11-9-23)20(26)27-13-15-5-3-2-4-6-15/h2-6,14,16H,7-13,21H2,1H3. The smallest absolute Gasteiger partial charge is 0.410 e. The van der Waals surface area contributed by atoms with Gasteiger partial charge in [-0.05, 0) is 24.0 Å². The fourth-order valence-corrected chi connectivity index (χ4v) is 4.31. The Kier molecular flexibility index (Phi) is 7.91. The van der Waals surface area contributed by atoms with Gasteiger partial charge in [0.1, 0.15) is 17.3 Å². The molecule has 7 nitrogen and oxygen atoms in total. The molecule has 0 radical (unpaired) electrons. The molecule has 1 atom stereocenters. The monoisotopic (exact) mass is 434 g/mol. The van der Waals surface area contributed by atoms with Crippen molar-refractivity contribution in [2.45, 2.75) is 19.1 Å². The summed E-state index contributed by atoms with van der Waals surface area (Å²) in [5, 5.41) is 2.57. The third-order valence-corrected chi connectivity index (χ3v) is 6.34. The van der Waals surface area contributed by atoms with Crippen LogP contribution in [0.3, 0.4) is 0 Å². The predicted octanol–water partition coefficient (Wildman–Crippen LogP) is 2.99. The van der Waals surface area contributed by atoms with E-state index in [-0.39, 0.29) is 24.6 Å². The van der Waals surface area contributed by atoms with Gasteiger partial charge in [0.2, 0.25) is 0 Å². The fraction of sp³-hybridized carbons (Fsp3) is 0.450. The average Bonchev–Trinajstić information content (AvgIpc) is 3.26. The molecule has 2 heterocycles. The molecule has 29 heavy (non-hydrogen) atoms. The second-order valence-corrected chi connectivity index (χ2v) is 8.65. The first kappa shape index (κ1) is 21.6. The number of hydrogen-bond acceptors (Lipinski definition) is 7. The summed E-state index contributed by atoms with van der Waals surface area (Å²) in [5.41, 5.74) is 7.53. The Morgan fingerprint density at radius 2 is 1.90 bits per heavy atom. The quantitative estimate of drug-likeness (QED) is 0.721. The summed E-state index contributed by atoms with van der Waals surface area (Å²) < 4.78 is 5.37. The minimum atomic E-state index is -0.350. The molecule has 2 N–H and O–H groups in total. The molecule has 0 saturated carbocycles. The molecule has 1 fully saturated rings. The molecular weight excluding hydrogens is 408 g/mol. The lowest BCUT2D eigenvalue weighted by Crippen LogP contribution is -2.50. The molecule has 9 heteroatoms. The van der Waals surface area contributed by atoms with Crippen LogP contribution in [0.2, 0.25) is 0 Å². The van der Waals surface area contributed by atoms with Gasteiger partial charge < -0.3 is 20.3 Å². The number of ether oxygens (including phenoxy) is 1. The summed E-state index contributed by atoms with van der Waals surface area (Å²) in [6, 6.07) is 9.44. The summed E-state index contributed by atoms with van der Waals surface area (Å²) in [5.74, 6) is 0.855. The van der Waals surface area contributed by atoms with Crippen molar-refractivity contribution in [1.82, 2.24) is 14.8 Å². The number of benzene rings is 1. The molecule has 1 aromatic carbocycles. The number of piperazine rings is 1. The highest BCUT2D eigenvalue weighted by molar-refractivity contribution is 7.98. The Labute approximate surface area is 179 Å². The van der Waals surface area contributed by atoms with Gasteiger partial charge in [-0.1, -0.05) is 30.3 Å². The average molecular weight is 435 g/mol. The number of carbonyl (C=O) groups is 2. The fourth-order valence-electron chi connectivity index (χ4n) is 2.99. The lowest BCUT2D eigenvalue weighted by Gasteiger charge is -2.33. The third kappa shape index (κ3) is 5.94. The van der Waals surface area contributed by atoms with Crippen LogP contribution in [0.1, 0.15) is 33.5 Å². The predicted molar refractivity (Wildman–Crippen MR) is 116 cm³/mol. The van der Waals surface area contributed by atoms with Gasteiger partial charge in [0.25, 0.3) is 5.91 Å². The van der Waals surface area contributed by atoms with Gasteiger partial charge in [-0.2, -0.15) is 11.8 Å². The highest BCUT2D eigenvalue weighted by Crippen LogP contribution is 2.21. The van der Waals surface area contributed by atoms with Gasteiger partial charge in [0.15, 0.2) is 0 Å². The van der Waals surface area contributed by atoms with Gasteiger partial charge in [-0.3, -0.25) is 4.79 Å². The van der Waals surface area contributed by atoms with E-state index in [4.69, 9.17) is 10.5 Å². The van der Waals surface area contributed by atoms with Crippen LogP contribution in [0.5, 0.6) is 0 Å². The number of thiazole rings is 1. The lowest BCUT2D eigenvalue weighted by atomic mass is 10.2. The molecule has 1 aliphatic heterocycles. The van der Waals surface area contributed by atoms with Crippen molar-refractivity contribution >= 4 is 35.1 Å². The molecule has 156 valence electrons. The lowest BCUT2D eigenvalue weighted by molar-refractivity contribution is 0.0540. The largest absolute Gasteiger partial charge is 0.445 e. The number of aromatic nitrogens is 1. The first-order valence-corrected chi connectivity index (χ1v) is 11.8. The van der Waals surface area contributed by atoms with Crippen LogP contribution in [0.4, 0.5) is 4.79 Å². The third-order valence-electron chi connectivity index (χ3n) is 4.72. The van der Waals surface area contributed by atoms with Crippen molar-refractivity contribution in [3.05, 3.63) is 52.0 Å². The number of nitrogens with zero attached hydrogens (tertiary/aromatic N) is 3. The van der Waals surface area contributed by atoms with E-state index in [0.717, 1.165) is 22.7 Å².